The van der Waals surface area contributed by atoms with Crippen LogP contribution in [0.15, 0.2) is 21.9 Å². The van der Waals surface area contributed by atoms with E-state index >= 15 is 0 Å². The molecule has 1 aromatic rings. The van der Waals surface area contributed by atoms with Crippen LogP contribution in [0, 0.1) is 0 Å². The summed E-state index contributed by atoms with van der Waals surface area (Å²) in [7, 11) is 1.45. The largest absolute Gasteiger partial charge is 0.379 e. The molecule has 2 saturated heterocycles. The van der Waals surface area contributed by atoms with E-state index in [2.05, 4.69) is 4.98 Å². The zero-order valence-electron chi connectivity index (χ0n) is 14.4. The Bertz CT molecular complexity index is 711. The van der Waals surface area contributed by atoms with Crippen molar-refractivity contribution in [3.8, 4) is 0 Å². The first-order valence-electron chi connectivity index (χ1n) is 8.35. The maximum atomic E-state index is 12.2. The zero-order valence-corrected chi connectivity index (χ0v) is 14.4. The third-order valence-corrected chi connectivity index (χ3v) is 4.49. The van der Waals surface area contributed by atoms with E-state index in [9.17, 15) is 14.7 Å². The van der Waals surface area contributed by atoms with E-state index in [1.54, 1.807) is 6.92 Å². The Labute approximate surface area is 144 Å². The van der Waals surface area contributed by atoms with Crippen molar-refractivity contribution in [3.05, 3.63) is 33.1 Å². The molecule has 9 nitrogen and oxygen atoms in total. The molecule has 2 N–H and O–H groups in total. The highest BCUT2D eigenvalue weighted by molar-refractivity contribution is 4.99. The summed E-state index contributed by atoms with van der Waals surface area (Å²) in [5.41, 5.74) is -2.19. The molecule has 4 atom stereocenters. The number of hydrogen-bond acceptors (Lipinski definition) is 7. The fraction of sp³-hybridized carbons (Fsp3) is 0.750. The molecule has 9 heteroatoms. The molecule has 0 bridgehead atoms. The van der Waals surface area contributed by atoms with Crippen molar-refractivity contribution in [1.82, 2.24) is 9.55 Å². The Kier molecular flexibility index (Phi) is 5.12. The third kappa shape index (κ3) is 3.85. The van der Waals surface area contributed by atoms with Crippen molar-refractivity contribution in [2.75, 3.05) is 20.3 Å². The van der Waals surface area contributed by atoms with Crippen LogP contribution in [0.3, 0.4) is 0 Å². The second kappa shape index (κ2) is 7.00. The van der Waals surface area contributed by atoms with E-state index in [4.69, 9.17) is 18.9 Å². The smallest absolute Gasteiger partial charge is 0.330 e. The lowest BCUT2D eigenvalue weighted by Crippen LogP contribution is -2.45. The fourth-order valence-electron chi connectivity index (χ4n) is 3.49. The lowest BCUT2D eigenvalue weighted by molar-refractivity contribution is -0.254. The molecule has 1 aromatic heterocycles. The maximum absolute atomic E-state index is 12.2. The van der Waals surface area contributed by atoms with Gasteiger partial charge in [-0.15, -0.1) is 0 Å². The molecule has 0 saturated carbocycles. The average molecular weight is 356 g/mol. The average Bonchev–Trinajstić information content (AvgIpc) is 2.79. The minimum Gasteiger partial charge on any atom is -0.379 e. The Morgan fingerprint density at radius 1 is 1.44 bits per heavy atom. The predicted octanol–water partition coefficient (Wildman–Crippen LogP) is 0.0924. The van der Waals surface area contributed by atoms with Crippen LogP contribution in [0.2, 0.25) is 0 Å². The maximum Gasteiger partial charge on any atom is 0.330 e. The molecule has 2 aliphatic rings. The molecule has 0 aliphatic carbocycles. The fourth-order valence-corrected chi connectivity index (χ4v) is 3.49. The third-order valence-electron chi connectivity index (χ3n) is 4.49. The van der Waals surface area contributed by atoms with Gasteiger partial charge in [-0.1, -0.05) is 0 Å². The number of aliphatic hydroxyl groups is 1. The van der Waals surface area contributed by atoms with E-state index in [0.29, 0.717) is 6.61 Å². The van der Waals surface area contributed by atoms with Gasteiger partial charge in [0.15, 0.2) is 18.3 Å². The highest BCUT2D eigenvalue weighted by Crippen LogP contribution is 2.46. The van der Waals surface area contributed by atoms with Gasteiger partial charge in [0.05, 0.1) is 0 Å². The van der Waals surface area contributed by atoms with Gasteiger partial charge in [-0.2, -0.15) is 0 Å². The number of aromatic amines is 1. The number of aromatic nitrogens is 2. The van der Waals surface area contributed by atoms with Crippen molar-refractivity contribution in [2.45, 2.75) is 56.5 Å². The number of H-pyrrole nitrogens is 1. The molecular weight excluding hydrogens is 332 g/mol. The van der Waals surface area contributed by atoms with Crippen molar-refractivity contribution in [3.63, 3.8) is 0 Å². The SMILES string of the molecule is COC[C@]1(O)C[C@@](C)(OC2CCCCO2)[C@H](n2ccc(=O)[nH]c2=O)O1. The number of rotatable bonds is 5. The molecular formula is C16H24N2O7. The van der Waals surface area contributed by atoms with Crippen LogP contribution in [0.5, 0.6) is 0 Å². The van der Waals surface area contributed by atoms with E-state index < -0.39 is 35.2 Å². The molecule has 140 valence electrons. The summed E-state index contributed by atoms with van der Waals surface area (Å²) >= 11 is 0. The summed E-state index contributed by atoms with van der Waals surface area (Å²) < 4.78 is 23.7. The summed E-state index contributed by atoms with van der Waals surface area (Å²) in [5, 5.41) is 10.7. The molecule has 0 amide bonds. The first-order valence-corrected chi connectivity index (χ1v) is 8.35. The van der Waals surface area contributed by atoms with Crippen LogP contribution in [0.25, 0.3) is 0 Å². The highest BCUT2D eigenvalue weighted by atomic mass is 16.7. The van der Waals surface area contributed by atoms with Gasteiger partial charge in [-0.05, 0) is 26.2 Å². The Balaban J connectivity index is 1.93. The Morgan fingerprint density at radius 3 is 2.88 bits per heavy atom. The Morgan fingerprint density at radius 2 is 2.24 bits per heavy atom. The topological polar surface area (TPSA) is 112 Å². The van der Waals surface area contributed by atoms with Crippen molar-refractivity contribution in [2.24, 2.45) is 0 Å². The summed E-state index contributed by atoms with van der Waals surface area (Å²) in [4.78, 5) is 25.7. The van der Waals surface area contributed by atoms with Crippen LogP contribution < -0.4 is 11.2 Å². The van der Waals surface area contributed by atoms with Gasteiger partial charge in [-0.25, -0.2) is 4.79 Å². The summed E-state index contributed by atoms with van der Waals surface area (Å²) in [5.74, 6) is -1.61. The molecule has 1 unspecified atom stereocenters. The van der Waals surface area contributed by atoms with Gasteiger partial charge in [-0.3, -0.25) is 14.3 Å². The zero-order chi connectivity index (χ0) is 18.1. The number of methoxy groups -OCH3 is 1. The number of hydrogen-bond donors (Lipinski definition) is 2. The van der Waals surface area contributed by atoms with E-state index in [-0.39, 0.29) is 13.0 Å². The predicted molar refractivity (Wildman–Crippen MR) is 86.0 cm³/mol. The standard InChI is InChI=1S/C16H24N2O7/c1-15(24-12-5-3-4-8-23-12)9-16(21,10-22-2)25-13(15)18-7-6-11(19)17-14(18)20/h6-7,12-13,21H,3-5,8-10H2,1-2H3,(H,17,19,20)/t12?,13-,15-,16+/m1/s1. The summed E-state index contributed by atoms with van der Waals surface area (Å²) in [6.07, 6.45) is 2.72. The minimum atomic E-state index is -1.61. The molecule has 3 rings (SSSR count). The van der Waals surface area contributed by atoms with E-state index in [1.807, 2.05) is 0 Å². The quantitative estimate of drug-likeness (QED) is 0.769. The van der Waals surface area contributed by atoms with Gasteiger partial charge in [0, 0.05) is 32.4 Å². The normalized spacial score (nSPS) is 35.8. The van der Waals surface area contributed by atoms with Crippen molar-refractivity contribution >= 4 is 0 Å². The highest BCUT2D eigenvalue weighted by Gasteiger charge is 2.56. The van der Waals surface area contributed by atoms with Gasteiger partial charge in [0.2, 0.25) is 0 Å². The number of nitrogens with one attached hydrogen (secondary N) is 1. The van der Waals surface area contributed by atoms with Crippen LogP contribution in [0.4, 0.5) is 0 Å². The van der Waals surface area contributed by atoms with E-state index in [0.717, 1.165) is 19.3 Å². The number of ether oxygens (including phenoxy) is 4. The second-order valence-electron chi connectivity index (χ2n) is 6.77. The molecule has 2 aliphatic heterocycles. The Hall–Kier alpha value is -1.52. The van der Waals surface area contributed by atoms with Crippen molar-refractivity contribution in [1.29, 1.82) is 0 Å². The lowest BCUT2D eigenvalue weighted by atomic mass is 9.97. The summed E-state index contributed by atoms with van der Waals surface area (Å²) in [6.45, 7) is 2.28. The monoisotopic (exact) mass is 356 g/mol. The summed E-state index contributed by atoms with van der Waals surface area (Å²) in [6, 6.07) is 1.22. The molecule has 25 heavy (non-hydrogen) atoms. The molecule has 3 heterocycles. The van der Waals surface area contributed by atoms with Crippen molar-refractivity contribution < 1.29 is 24.1 Å². The number of nitrogens with zero attached hydrogens (tertiary/aromatic N) is 1. The van der Waals surface area contributed by atoms with Gasteiger partial charge in [0.25, 0.3) is 5.56 Å². The van der Waals surface area contributed by atoms with Crippen LogP contribution in [-0.2, 0) is 18.9 Å². The van der Waals surface area contributed by atoms with Crippen LogP contribution in [0.1, 0.15) is 38.8 Å². The van der Waals surface area contributed by atoms with Gasteiger partial charge >= 0.3 is 5.69 Å². The minimum absolute atomic E-state index is 0.0773. The van der Waals surface area contributed by atoms with Gasteiger partial charge < -0.3 is 24.1 Å². The first-order chi connectivity index (χ1) is 11.9. The van der Waals surface area contributed by atoms with Crippen LogP contribution in [-0.4, -0.2) is 52.7 Å². The molecule has 2 fully saturated rings. The van der Waals surface area contributed by atoms with Crippen LogP contribution >= 0.6 is 0 Å². The van der Waals surface area contributed by atoms with Gasteiger partial charge in [0.1, 0.15) is 12.2 Å². The van der Waals surface area contributed by atoms with E-state index in [1.165, 1.54) is 23.9 Å². The molecule has 0 aromatic carbocycles. The lowest BCUT2D eigenvalue weighted by Gasteiger charge is -2.35. The molecule has 0 spiro atoms. The second-order valence-corrected chi connectivity index (χ2v) is 6.77. The molecule has 0 radical (unpaired) electrons. The first kappa shape index (κ1) is 18.3.